The lowest BCUT2D eigenvalue weighted by Gasteiger charge is -2.19. The Morgan fingerprint density at radius 3 is 2.41 bits per heavy atom. The smallest absolute Gasteiger partial charge is 0.314 e. The van der Waals surface area contributed by atoms with Crippen molar-refractivity contribution < 1.29 is 27.4 Å². The molecule has 0 bridgehead atoms. The Kier molecular flexibility index (Phi) is 7.84. The van der Waals surface area contributed by atoms with Crippen molar-refractivity contribution in [1.29, 1.82) is 0 Å². The minimum Gasteiger partial charge on any atom is -0.490 e. The second kappa shape index (κ2) is 10.8. The minimum atomic E-state index is -1.17. The van der Waals surface area contributed by atoms with Gasteiger partial charge in [-0.15, -0.1) is 0 Å². The number of fused-ring (bicyclic) bond motifs is 1. The fourth-order valence-electron chi connectivity index (χ4n) is 5.89. The van der Waals surface area contributed by atoms with Crippen LogP contribution in [0.3, 0.4) is 0 Å². The van der Waals surface area contributed by atoms with Gasteiger partial charge in [-0.3, -0.25) is 4.79 Å². The third-order valence-corrected chi connectivity index (χ3v) is 7.57. The molecular weight excluding hydrogens is 441 g/mol. The summed E-state index contributed by atoms with van der Waals surface area (Å²) >= 11 is 0. The molecule has 2 fully saturated rings. The second-order valence-electron chi connectivity index (χ2n) is 9.64. The Morgan fingerprint density at radius 2 is 1.68 bits per heavy atom. The van der Waals surface area contributed by atoms with Crippen LogP contribution in [0.4, 0.5) is 13.2 Å². The maximum absolute atomic E-state index is 14.9. The summed E-state index contributed by atoms with van der Waals surface area (Å²) in [6.07, 6.45) is 8.03. The Morgan fingerprint density at radius 1 is 0.912 bits per heavy atom. The summed E-state index contributed by atoms with van der Waals surface area (Å²) in [5, 5.41) is 0. The summed E-state index contributed by atoms with van der Waals surface area (Å²) in [5.41, 5.74) is -0.308. The number of rotatable bonds is 9. The van der Waals surface area contributed by atoms with Gasteiger partial charge in [0.15, 0.2) is 11.6 Å². The molecule has 4 unspecified atom stereocenters. The van der Waals surface area contributed by atoms with E-state index in [2.05, 4.69) is 6.92 Å². The zero-order chi connectivity index (χ0) is 24.2. The van der Waals surface area contributed by atoms with E-state index >= 15 is 0 Å². The quantitative estimate of drug-likeness (QED) is 0.212. The highest BCUT2D eigenvalue weighted by atomic mass is 19.2. The van der Waals surface area contributed by atoms with Crippen LogP contribution in [-0.2, 0) is 4.79 Å². The topological polar surface area (TPSA) is 35.5 Å². The maximum atomic E-state index is 14.9. The highest BCUT2D eigenvalue weighted by Gasteiger charge is 2.47. The van der Waals surface area contributed by atoms with Crippen molar-refractivity contribution in [1.82, 2.24) is 0 Å². The van der Waals surface area contributed by atoms with Crippen LogP contribution >= 0.6 is 0 Å². The lowest BCUT2D eigenvalue weighted by molar-refractivity contribution is -0.140. The highest BCUT2D eigenvalue weighted by Crippen LogP contribution is 2.52. The van der Waals surface area contributed by atoms with Crippen LogP contribution in [-0.4, -0.2) is 12.6 Å². The predicted molar refractivity (Wildman–Crippen MR) is 125 cm³/mol. The third kappa shape index (κ3) is 4.96. The molecule has 0 aliphatic heterocycles. The van der Waals surface area contributed by atoms with Crippen molar-refractivity contribution >= 4 is 5.97 Å². The van der Waals surface area contributed by atoms with Gasteiger partial charge in [0.25, 0.3) is 0 Å². The molecule has 3 nitrogen and oxygen atoms in total. The van der Waals surface area contributed by atoms with E-state index in [4.69, 9.17) is 9.47 Å². The second-order valence-corrected chi connectivity index (χ2v) is 9.64. The summed E-state index contributed by atoms with van der Waals surface area (Å²) in [6.45, 7) is 4.44. The lowest BCUT2D eigenvalue weighted by Crippen LogP contribution is -2.25. The van der Waals surface area contributed by atoms with Gasteiger partial charge >= 0.3 is 5.97 Å². The van der Waals surface area contributed by atoms with Crippen molar-refractivity contribution in [2.45, 2.75) is 65.2 Å². The number of hydrogen-bond donors (Lipinski definition) is 0. The molecule has 0 amide bonds. The summed E-state index contributed by atoms with van der Waals surface area (Å²) < 4.78 is 54.8. The molecule has 0 saturated heterocycles. The number of esters is 1. The molecule has 0 aromatic heterocycles. The molecule has 0 radical (unpaired) electrons. The zero-order valence-corrected chi connectivity index (χ0v) is 19.9. The van der Waals surface area contributed by atoms with E-state index in [1.807, 2.05) is 6.92 Å². The average Bonchev–Trinajstić information content (AvgIpc) is 3.41. The van der Waals surface area contributed by atoms with E-state index in [0.717, 1.165) is 44.6 Å². The van der Waals surface area contributed by atoms with Gasteiger partial charge in [0, 0.05) is 17.2 Å². The number of ether oxygens (including phenoxy) is 2. The molecule has 2 aliphatic carbocycles. The van der Waals surface area contributed by atoms with Gasteiger partial charge in [-0.05, 0) is 74.1 Å². The van der Waals surface area contributed by atoms with Crippen molar-refractivity contribution in [2.24, 2.45) is 23.7 Å². The van der Waals surface area contributed by atoms with Gasteiger partial charge in [-0.25, -0.2) is 8.78 Å². The Hall–Kier alpha value is -2.50. The summed E-state index contributed by atoms with van der Waals surface area (Å²) in [5.74, 6) is -2.04. The van der Waals surface area contributed by atoms with Crippen LogP contribution in [0.25, 0.3) is 11.1 Å². The van der Waals surface area contributed by atoms with Crippen molar-refractivity contribution in [2.75, 3.05) is 6.61 Å². The van der Waals surface area contributed by atoms with E-state index in [1.165, 1.54) is 37.1 Å². The van der Waals surface area contributed by atoms with Crippen molar-refractivity contribution in [3.05, 3.63) is 47.8 Å². The Balaban J connectivity index is 1.45. The first-order valence-electron chi connectivity index (χ1n) is 12.6. The van der Waals surface area contributed by atoms with Crippen LogP contribution in [0, 0.1) is 41.1 Å². The monoisotopic (exact) mass is 474 g/mol. The fourth-order valence-corrected chi connectivity index (χ4v) is 5.89. The van der Waals surface area contributed by atoms with E-state index < -0.39 is 17.5 Å². The van der Waals surface area contributed by atoms with Crippen molar-refractivity contribution in [3.8, 4) is 22.6 Å². The standard InChI is InChI=1S/C28H33F3O3/c1-3-5-15-33-25-14-13-22(26(30)27(25)31)21-10-8-18(16-24(21)29)34-28(32)23-12-11-19-17(6-4-2)7-9-20(19)23/h8,10,13-14,16-17,19-20,23H,3-7,9,11-12,15H2,1-2H3. The average molecular weight is 475 g/mol. The van der Waals surface area contributed by atoms with E-state index in [-0.39, 0.29) is 41.1 Å². The van der Waals surface area contributed by atoms with Gasteiger partial charge in [0.2, 0.25) is 5.82 Å². The summed E-state index contributed by atoms with van der Waals surface area (Å²) in [7, 11) is 0. The van der Waals surface area contributed by atoms with Gasteiger partial charge in [0.05, 0.1) is 12.5 Å². The van der Waals surface area contributed by atoms with E-state index in [0.29, 0.717) is 17.8 Å². The molecule has 6 heteroatoms. The van der Waals surface area contributed by atoms with Gasteiger partial charge in [-0.2, -0.15) is 4.39 Å². The van der Waals surface area contributed by atoms with Gasteiger partial charge in [-0.1, -0.05) is 33.1 Å². The largest absolute Gasteiger partial charge is 0.490 e. The predicted octanol–water partition coefficient (Wildman–Crippen LogP) is 7.71. The molecule has 34 heavy (non-hydrogen) atoms. The van der Waals surface area contributed by atoms with Crippen molar-refractivity contribution in [3.63, 3.8) is 0 Å². The number of carbonyl (C=O) groups excluding carboxylic acids is 1. The molecule has 2 aliphatic rings. The SMILES string of the molecule is CCCCOc1ccc(-c2ccc(OC(=O)C3CCC4C(CCC)CCC34)cc2F)c(F)c1F. The summed E-state index contributed by atoms with van der Waals surface area (Å²) in [4.78, 5) is 12.9. The van der Waals surface area contributed by atoms with E-state index in [9.17, 15) is 18.0 Å². The molecule has 0 heterocycles. The minimum absolute atomic E-state index is 0.0817. The molecular formula is C28H33F3O3. The number of carbonyl (C=O) groups is 1. The van der Waals surface area contributed by atoms with Crippen LogP contribution in [0.2, 0.25) is 0 Å². The van der Waals surface area contributed by atoms with Crippen LogP contribution in [0.15, 0.2) is 30.3 Å². The fraction of sp³-hybridized carbons (Fsp3) is 0.536. The number of unbranched alkanes of at least 4 members (excludes halogenated alkanes) is 1. The van der Waals surface area contributed by atoms with Crippen LogP contribution in [0.1, 0.15) is 65.2 Å². The van der Waals surface area contributed by atoms with Gasteiger partial charge in [0.1, 0.15) is 11.6 Å². The maximum Gasteiger partial charge on any atom is 0.314 e. The first kappa shape index (κ1) is 24.6. The third-order valence-electron chi connectivity index (χ3n) is 7.57. The van der Waals surface area contributed by atoms with E-state index in [1.54, 1.807) is 0 Å². The zero-order valence-electron chi connectivity index (χ0n) is 19.9. The number of benzene rings is 2. The number of hydrogen-bond acceptors (Lipinski definition) is 3. The number of halogens is 3. The Bertz CT molecular complexity index is 1020. The molecule has 2 aromatic carbocycles. The Labute approximate surface area is 199 Å². The van der Waals surface area contributed by atoms with Crippen LogP contribution < -0.4 is 9.47 Å². The molecule has 4 rings (SSSR count). The molecule has 0 N–H and O–H groups in total. The molecule has 184 valence electrons. The molecule has 4 atom stereocenters. The van der Waals surface area contributed by atoms with Crippen LogP contribution in [0.5, 0.6) is 11.5 Å². The normalized spacial score (nSPS) is 23.7. The highest BCUT2D eigenvalue weighted by molar-refractivity contribution is 5.76. The first-order valence-corrected chi connectivity index (χ1v) is 12.6. The molecule has 0 spiro atoms. The van der Waals surface area contributed by atoms with Gasteiger partial charge < -0.3 is 9.47 Å². The first-order chi connectivity index (χ1) is 16.4. The lowest BCUT2D eigenvalue weighted by atomic mass is 9.87. The summed E-state index contributed by atoms with van der Waals surface area (Å²) in [6, 6.07) is 6.42. The molecule has 2 saturated carbocycles. The molecule has 2 aromatic rings.